The maximum atomic E-state index is 11.9. The molecule has 142 valence electrons. The van der Waals surface area contributed by atoms with Crippen molar-refractivity contribution in [3.63, 3.8) is 0 Å². The SMILES string of the molecule is CC.NC(c1cn2nc(CC3CCCNC3=O)ccc2n1)C1CCCC1. The van der Waals surface area contributed by atoms with Crippen molar-refractivity contribution >= 4 is 11.6 Å². The quantitative estimate of drug-likeness (QED) is 0.881. The number of hydrogen-bond acceptors (Lipinski definition) is 4. The van der Waals surface area contributed by atoms with E-state index in [1.807, 2.05) is 36.7 Å². The topological polar surface area (TPSA) is 85.3 Å². The van der Waals surface area contributed by atoms with E-state index in [9.17, 15) is 4.79 Å². The fraction of sp³-hybridized carbons (Fsp3) is 0.650. The normalized spacial score (nSPS) is 22.0. The zero-order valence-electron chi connectivity index (χ0n) is 15.9. The fourth-order valence-corrected chi connectivity index (χ4v) is 4.05. The molecule has 1 amide bonds. The van der Waals surface area contributed by atoms with Crippen LogP contribution in [-0.2, 0) is 11.2 Å². The number of aromatic nitrogens is 3. The first-order chi connectivity index (χ1) is 12.7. The molecule has 2 unspecified atom stereocenters. The van der Waals surface area contributed by atoms with E-state index in [2.05, 4.69) is 15.4 Å². The van der Waals surface area contributed by atoms with E-state index < -0.39 is 0 Å². The predicted molar refractivity (Wildman–Crippen MR) is 103 cm³/mol. The highest BCUT2D eigenvalue weighted by atomic mass is 16.1. The summed E-state index contributed by atoms with van der Waals surface area (Å²) in [6.45, 7) is 4.80. The lowest BCUT2D eigenvalue weighted by atomic mass is 9.94. The minimum atomic E-state index is 0.00164. The van der Waals surface area contributed by atoms with Gasteiger partial charge >= 0.3 is 0 Å². The van der Waals surface area contributed by atoms with E-state index in [-0.39, 0.29) is 17.9 Å². The van der Waals surface area contributed by atoms with E-state index in [0.717, 1.165) is 36.4 Å². The molecule has 3 N–H and O–H groups in total. The molecule has 4 rings (SSSR count). The third-order valence-corrected chi connectivity index (χ3v) is 5.50. The lowest BCUT2D eigenvalue weighted by molar-refractivity contribution is -0.126. The summed E-state index contributed by atoms with van der Waals surface area (Å²) >= 11 is 0. The average Bonchev–Trinajstić information content (AvgIpc) is 3.34. The summed E-state index contributed by atoms with van der Waals surface area (Å²) in [5.74, 6) is 0.727. The van der Waals surface area contributed by atoms with Crippen molar-refractivity contribution in [2.24, 2.45) is 17.6 Å². The van der Waals surface area contributed by atoms with Crippen molar-refractivity contribution in [3.8, 4) is 0 Å². The second kappa shape index (κ2) is 8.62. The molecular formula is C20H31N5O. The first-order valence-corrected chi connectivity index (χ1v) is 10.1. The van der Waals surface area contributed by atoms with E-state index in [0.29, 0.717) is 12.3 Å². The van der Waals surface area contributed by atoms with Crippen LogP contribution >= 0.6 is 0 Å². The van der Waals surface area contributed by atoms with E-state index in [4.69, 9.17) is 5.73 Å². The second-order valence-corrected chi connectivity index (χ2v) is 7.20. The number of nitrogens with zero attached hydrogens (tertiary/aromatic N) is 3. The molecular weight excluding hydrogens is 326 g/mol. The number of imidazole rings is 1. The first-order valence-electron chi connectivity index (χ1n) is 10.1. The van der Waals surface area contributed by atoms with E-state index >= 15 is 0 Å². The van der Waals surface area contributed by atoms with E-state index in [1.54, 1.807) is 0 Å². The van der Waals surface area contributed by atoms with Crippen LogP contribution in [0.2, 0.25) is 0 Å². The summed E-state index contributed by atoms with van der Waals surface area (Å²) in [5, 5.41) is 7.59. The number of hydrogen-bond donors (Lipinski definition) is 2. The van der Waals surface area contributed by atoms with Gasteiger partial charge < -0.3 is 11.1 Å². The van der Waals surface area contributed by atoms with Crippen LogP contribution in [0, 0.1) is 11.8 Å². The lowest BCUT2D eigenvalue weighted by Crippen LogP contribution is -2.37. The molecule has 1 aliphatic heterocycles. The smallest absolute Gasteiger partial charge is 0.223 e. The predicted octanol–water partition coefficient (Wildman–Crippen LogP) is 3.01. The maximum absolute atomic E-state index is 11.9. The van der Waals surface area contributed by atoms with Crippen LogP contribution in [0.3, 0.4) is 0 Å². The van der Waals surface area contributed by atoms with Crippen molar-refractivity contribution in [1.29, 1.82) is 0 Å². The van der Waals surface area contributed by atoms with Crippen molar-refractivity contribution in [1.82, 2.24) is 19.9 Å². The highest BCUT2D eigenvalue weighted by molar-refractivity contribution is 5.79. The van der Waals surface area contributed by atoms with Gasteiger partial charge in [0.25, 0.3) is 0 Å². The van der Waals surface area contributed by atoms with Gasteiger partial charge in [-0.25, -0.2) is 9.50 Å². The lowest BCUT2D eigenvalue weighted by Gasteiger charge is -2.21. The minimum Gasteiger partial charge on any atom is -0.356 e. The number of rotatable bonds is 4. The van der Waals surface area contributed by atoms with Crippen molar-refractivity contribution in [2.75, 3.05) is 6.54 Å². The first kappa shape index (κ1) is 18.8. The fourth-order valence-electron chi connectivity index (χ4n) is 4.05. The Bertz CT molecular complexity index is 735. The monoisotopic (exact) mass is 357 g/mol. The number of nitrogens with one attached hydrogen (secondary N) is 1. The summed E-state index contributed by atoms with van der Waals surface area (Å²) in [5.41, 5.74) is 9.11. The summed E-state index contributed by atoms with van der Waals surface area (Å²) in [6.07, 6.45) is 9.58. The van der Waals surface area contributed by atoms with Gasteiger partial charge in [0, 0.05) is 18.9 Å². The molecule has 0 bridgehead atoms. The van der Waals surface area contributed by atoms with Crippen LogP contribution in [0.15, 0.2) is 18.3 Å². The Morgan fingerprint density at radius 2 is 2.00 bits per heavy atom. The van der Waals surface area contributed by atoms with Crippen LogP contribution in [0.25, 0.3) is 5.65 Å². The van der Waals surface area contributed by atoms with Crippen molar-refractivity contribution < 1.29 is 4.79 Å². The summed E-state index contributed by atoms with van der Waals surface area (Å²) in [4.78, 5) is 16.6. The van der Waals surface area contributed by atoms with Gasteiger partial charge in [-0.05, 0) is 43.7 Å². The van der Waals surface area contributed by atoms with Gasteiger partial charge in [0.05, 0.1) is 23.6 Å². The van der Waals surface area contributed by atoms with Gasteiger partial charge in [0.2, 0.25) is 5.91 Å². The molecule has 1 saturated heterocycles. The molecule has 0 aromatic carbocycles. The molecule has 2 atom stereocenters. The molecule has 2 aromatic rings. The standard InChI is InChI=1S/C18H25N5O.C2H6/c19-17(12-4-1-2-5-12)15-11-23-16(21-15)8-7-14(22-23)10-13-6-3-9-20-18(13)24;1-2/h7-8,11-13,17H,1-6,9-10,19H2,(H,20,24);1-2H3. The molecule has 6 heteroatoms. The van der Waals surface area contributed by atoms with Crippen LogP contribution in [0.4, 0.5) is 0 Å². The molecule has 2 fully saturated rings. The molecule has 3 heterocycles. The molecule has 1 aliphatic carbocycles. The highest BCUT2D eigenvalue weighted by Gasteiger charge is 2.26. The van der Waals surface area contributed by atoms with Crippen LogP contribution < -0.4 is 11.1 Å². The van der Waals surface area contributed by atoms with Crippen molar-refractivity contribution in [3.05, 3.63) is 29.7 Å². The van der Waals surface area contributed by atoms with Crippen LogP contribution in [-0.4, -0.2) is 27.0 Å². The number of nitrogens with two attached hydrogens (primary N) is 1. The van der Waals surface area contributed by atoms with E-state index in [1.165, 1.54) is 25.7 Å². The Labute approximate surface area is 155 Å². The number of carbonyl (C=O) groups excluding carboxylic acids is 1. The molecule has 6 nitrogen and oxygen atoms in total. The Balaban J connectivity index is 0.000000948. The molecule has 0 radical (unpaired) electrons. The van der Waals surface area contributed by atoms with Gasteiger partial charge in [0.1, 0.15) is 0 Å². The summed E-state index contributed by atoms with van der Waals surface area (Å²) < 4.78 is 1.82. The van der Waals surface area contributed by atoms with Gasteiger partial charge in [-0.15, -0.1) is 0 Å². The minimum absolute atomic E-state index is 0.00164. The Kier molecular flexibility index (Phi) is 6.25. The van der Waals surface area contributed by atoms with Gasteiger partial charge in [-0.2, -0.15) is 5.10 Å². The summed E-state index contributed by atoms with van der Waals surface area (Å²) in [7, 11) is 0. The third-order valence-electron chi connectivity index (χ3n) is 5.50. The Morgan fingerprint density at radius 3 is 2.73 bits per heavy atom. The number of fused-ring (bicyclic) bond motifs is 1. The highest BCUT2D eigenvalue weighted by Crippen LogP contribution is 2.33. The Hall–Kier alpha value is -1.95. The molecule has 2 aliphatic rings. The zero-order valence-corrected chi connectivity index (χ0v) is 15.9. The second-order valence-electron chi connectivity index (χ2n) is 7.20. The average molecular weight is 358 g/mol. The molecule has 0 spiro atoms. The van der Waals surface area contributed by atoms with Gasteiger partial charge in [-0.3, -0.25) is 4.79 Å². The Morgan fingerprint density at radius 1 is 1.23 bits per heavy atom. The van der Waals surface area contributed by atoms with Gasteiger partial charge in [0.15, 0.2) is 5.65 Å². The van der Waals surface area contributed by atoms with Crippen LogP contribution in [0.1, 0.15) is 69.8 Å². The molecule has 2 aromatic heterocycles. The van der Waals surface area contributed by atoms with Crippen LogP contribution in [0.5, 0.6) is 0 Å². The largest absolute Gasteiger partial charge is 0.356 e. The number of carbonyl (C=O) groups is 1. The zero-order chi connectivity index (χ0) is 18.5. The maximum Gasteiger partial charge on any atom is 0.223 e. The number of amides is 1. The van der Waals surface area contributed by atoms with Crippen molar-refractivity contribution in [2.45, 2.75) is 64.8 Å². The molecule has 1 saturated carbocycles. The number of piperidine rings is 1. The summed E-state index contributed by atoms with van der Waals surface area (Å²) in [6, 6.07) is 3.96. The van der Waals surface area contributed by atoms with Gasteiger partial charge in [-0.1, -0.05) is 26.7 Å². The molecule has 26 heavy (non-hydrogen) atoms. The third kappa shape index (κ3) is 4.06.